The summed E-state index contributed by atoms with van der Waals surface area (Å²) in [4.78, 5) is 40.2. The first-order valence-electron chi connectivity index (χ1n) is 15.6. The van der Waals surface area contributed by atoms with Crippen molar-refractivity contribution in [1.82, 2.24) is 24.8 Å². The van der Waals surface area contributed by atoms with Crippen molar-refractivity contribution in [2.75, 3.05) is 23.3 Å². The zero-order valence-electron chi connectivity index (χ0n) is 26.6. The minimum Gasteiger partial charge on any atom is -0.437 e. The summed E-state index contributed by atoms with van der Waals surface area (Å²) in [5.74, 6) is 0.366. The van der Waals surface area contributed by atoms with Crippen LogP contribution in [-0.4, -0.2) is 50.5 Å². The Kier molecular flexibility index (Phi) is 9.03. The molecule has 248 valence electrons. The molecule has 48 heavy (non-hydrogen) atoms. The Morgan fingerprint density at radius 2 is 1.83 bits per heavy atom. The monoisotopic (exact) mass is 657 g/mol. The summed E-state index contributed by atoms with van der Waals surface area (Å²) in [7, 11) is 1.84. The molecule has 1 aliphatic rings. The van der Waals surface area contributed by atoms with Gasteiger partial charge >= 0.3 is 6.18 Å². The number of anilines is 2. The Morgan fingerprint density at radius 1 is 1.04 bits per heavy atom. The highest BCUT2D eigenvalue weighted by molar-refractivity contribution is 6.04. The minimum atomic E-state index is -4.65. The number of rotatable bonds is 8. The maximum Gasteiger partial charge on any atom is 0.418 e. The van der Waals surface area contributed by atoms with Crippen LogP contribution in [0, 0.1) is 6.92 Å². The molecule has 4 heterocycles. The van der Waals surface area contributed by atoms with E-state index in [2.05, 4.69) is 25.6 Å². The fourth-order valence-corrected chi connectivity index (χ4v) is 5.72. The molecule has 10 nitrogen and oxygen atoms in total. The van der Waals surface area contributed by atoms with Crippen molar-refractivity contribution in [3.63, 3.8) is 0 Å². The molecule has 2 N–H and O–H groups in total. The maximum atomic E-state index is 14.3. The normalized spacial score (nSPS) is 13.8. The number of nitrogens with zero attached hydrogens (tertiary/aromatic N) is 5. The standard InChI is InChI=1S/C35H34F3N7O3/c1-4-30(46)40-24-11-16-45(17-12-24)28-10-9-25(19-26(28)35(36,37)38)41-33(47)22-8-7-21(2)29(18-22)48-34-31-27(13-15-44(31)3)42-32(43-34)23-6-5-14-39-20-23/h5-10,13-15,18-20,24H,4,11-12,16-17H2,1-3H3,(H,40,46)(H,41,47). The summed E-state index contributed by atoms with van der Waals surface area (Å²) in [5.41, 5.74) is 2.11. The van der Waals surface area contributed by atoms with E-state index in [1.807, 2.05) is 36.9 Å². The van der Waals surface area contributed by atoms with E-state index in [-0.39, 0.29) is 34.8 Å². The van der Waals surface area contributed by atoms with Crippen LogP contribution in [0.15, 0.2) is 73.2 Å². The van der Waals surface area contributed by atoms with E-state index in [1.54, 1.807) is 42.4 Å². The fourth-order valence-electron chi connectivity index (χ4n) is 5.72. The number of hydrogen-bond donors (Lipinski definition) is 2. The molecule has 0 atom stereocenters. The molecule has 2 aromatic carbocycles. The molecular formula is C35H34F3N7O3. The molecule has 1 aliphatic heterocycles. The number of benzene rings is 2. The molecule has 0 spiro atoms. The van der Waals surface area contributed by atoms with Gasteiger partial charge in [-0.2, -0.15) is 18.2 Å². The molecule has 1 saturated heterocycles. The van der Waals surface area contributed by atoms with E-state index in [1.165, 1.54) is 18.2 Å². The van der Waals surface area contributed by atoms with Crippen LogP contribution in [0.5, 0.6) is 11.6 Å². The third-order valence-electron chi connectivity index (χ3n) is 8.35. The largest absolute Gasteiger partial charge is 0.437 e. The number of amides is 2. The van der Waals surface area contributed by atoms with Gasteiger partial charge in [0.05, 0.1) is 11.1 Å². The quantitative estimate of drug-likeness (QED) is 0.187. The van der Waals surface area contributed by atoms with Crippen LogP contribution in [0.3, 0.4) is 0 Å². The van der Waals surface area contributed by atoms with E-state index in [4.69, 9.17) is 4.74 Å². The topological polar surface area (TPSA) is 114 Å². The van der Waals surface area contributed by atoms with Crippen molar-refractivity contribution in [2.45, 2.75) is 45.3 Å². The number of ether oxygens (including phenoxy) is 1. The second kappa shape index (κ2) is 13.3. The number of halogens is 3. The lowest BCUT2D eigenvalue weighted by Crippen LogP contribution is -2.45. The number of alkyl halides is 3. The van der Waals surface area contributed by atoms with Gasteiger partial charge in [-0.3, -0.25) is 14.6 Å². The van der Waals surface area contributed by atoms with Gasteiger partial charge in [-0.1, -0.05) is 13.0 Å². The number of piperidine rings is 1. The molecule has 6 rings (SSSR count). The first-order valence-corrected chi connectivity index (χ1v) is 15.6. The highest BCUT2D eigenvalue weighted by Crippen LogP contribution is 2.39. The van der Waals surface area contributed by atoms with Crippen LogP contribution in [0.1, 0.15) is 47.7 Å². The van der Waals surface area contributed by atoms with Crippen LogP contribution in [-0.2, 0) is 18.0 Å². The summed E-state index contributed by atoms with van der Waals surface area (Å²) in [5, 5.41) is 5.53. The van der Waals surface area contributed by atoms with Gasteiger partial charge in [0.15, 0.2) is 5.82 Å². The predicted molar refractivity (Wildman–Crippen MR) is 176 cm³/mol. The van der Waals surface area contributed by atoms with Crippen molar-refractivity contribution in [3.8, 4) is 23.0 Å². The average molecular weight is 658 g/mol. The number of aryl methyl sites for hydroxylation is 2. The smallest absolute Gasteiger partial charge is 0.418 e. The van der Waals surface area contributed by atoms with Gasteiger partial charge in [-0.25, -0.2) is 4.98 Å². The Morgan fingerprint density at radius 3 is 2.54 bits per heavy atom. The van der Waals surface area contributed by atoms with Gasteiger partial charge in [0, 0.05) is 73.7 Å². The number of nitrogens with one attached hydrogen (secondary N) is 2. The fraction of sp³-hybridized carbons (Fsp3) is 0.286. The highest BCUT2D eigenvalue weighted by atomic mass is 19.4. The van der Waals surface area contributed by atoms with Gasteiger partial charge in [0.25, 0.3) is 5.91 Å². The third-order valence-corrected chi connectivity index (χ3v) is 8.35. The molecule has 13 heteroatoms. The lowest BCUT2D eigenvalue weighted by Gasteiger charge is -2.35. The number of aromatic nitrogens is 4. The van der Waals surface area contributed by atoms with Crippen molar-refractivity contribution in [2.24, 2.45) is 7.05 Å². The third kappa shape index (κ3) is 6.94. The zero-order valence-corrected chi connectivity index (χ0v) is 26.6. The molecule has 0 bridgehead atoms. The molecule has 0 radical (unpaired) electrons. The van der Waals surface area contributed by atoms with Crippen molar-refractivity contribution < 1.29 is 27.5 Å². The van der Waals surface area contributed by atoms with E-state index in [9.17, 15) is 22.8 Å². The average Bonchev–Trinajstić information content (AvgIpc) is 3.46. The van der Waals surface area contributed by atoms with Gasteiger partial charge in [0.2, 0.25) is 11.8 Å². The van der Waals surface area contributed by atoms with E-state index in [0.29, 0.717) is 60.5 Å². The SMILES string of the molecule is CCC(=O)NC1CCN(c2ccc(NC(=O)c3ccc(C)c(Oc4nc(-c5cccnc5)nc5ccn(C)c45)c3)cc2C(F)(F)F)CC1. The first kappa shape index (κ1) is 32.5. The molecule has 0 unspecified atom stereocenters. The number of carbonyl (C=O) groups is 2. The summed E-state index contributed by atoms with van der Waals surface area (Å²) in [6.07, 6.45) is 1.92. The Bertz CT molecular complexity index is 1970. The second-order valence-electron chi connectivity index (χ2n) is 11.7. The summed E-state index contributed by atoms with van der Waals surface area (Å²) in [6, 6.07) is 14.0. The van der Waals surface area contributed by atoms with Gasteiger partial charge < -0.3 is 24.8 Å². The maximum absolute atomic E-state index is 14.3. The van der Waals surface area contributed by atoms with Crippen LogP contribution >= 0.6 is 0 Å². The van der Waals surface area contributed by atoms with Crippen molar-refractivity contribution >= 4 is 34.2 Å². The first-order chi connectivity index (χ1) is 23.0. The molecule has 2 amide bonds. The second-order valence-corrected chi connectivity index (χ2v) is 11.7. The number of hydrogen-bond acceptors (Lipinski definition) is 7. The zero-order chi connectivity index (χ0) is 34.0. The van der Waals surface area contributed by atoms with Crippen LogP contribution in [0.2, 0.25) is 0 Å². The predicted octanol–water partition coefficient (Wildman–Crippen LogP) is 6.90. The van der Waals surface area contributed by atoms with Crippen LogP contribution < -0.4 is 20.3 Å². The molecule has 1 fully saturated rings. The Labute approximate surface area is 275 Å². The summed E-state index contributed by atoms with van der Waals surface area (Å²) >= 11 is 0. The minimum absolute atomic E-state index is 0.00615. The highest BCUT2D eigenvalue weighted by Gasteiger charge is 2.36. The van der Waals surface area contributed by atoms with Gasteiger partial charge in [-0.15, -0.1) is 0 Å². The lowest BCUT2D eigenvalue weighted by molar-refractivity contribution is -0.137. The summed E-state index contributed by atoms with van der Waals surface area (Å²) in [6.45, 7) is 4.30. The Hall–Kier alpha value is -5.46. The van der Waals surface area contributed by atoms with E-state index < -0.39 is 17.6 Å². The molecule has 5 aromatic rings. The molecule has 0 saturated carbocycles. The van der Waals surface area contributed by atoms with E-state index >= 15 is 0 Å². The Balaban J connectivity index is 1.23. The summed E-state index contributed by atoms with van der Waals surface area (Å²) < 4.78 is 50.9. The van der Waals surface area contributed by atoms with E-state index in [0.717, 1.165) is 11.6 Å². The number of fused-ring (bicyclic) bond motifs is 1. The van der Waals surface area contributed by atoms with Crippen LogP contribution in [0.25, 0.3) is 22.4 Å². The van der Waals surface area contributed by atoms with Crippen molar-refractivity contribution in [3.05, 3.63) is 89.9 Å². The molecule has 0 aliphatic carbocycles. The molecule has 3 aromatic heterocycles. The van der Waals surface area contributed by atoms with Crippen molar-refractivity contribution in [1.29, 1.82) is 0 Å². The van der Waals surface area contributed by atoms with Gasteiger partial charge in [-0.05, 0) is 73.9 Å². The lowest BCUT2D eigenvalue weighted by atomic mass is 10.0. The number of pyridine rings is 1. The molecular weight excluding hydrogens is 623 g/mol. The van der Waals surface area contributed by atoms with Crippen LogP contribution in [0.4, 0.5) is 24.5 Å². The van der Waals surface area contributed by atoms with Gasteiger partial charge in [0.1, 0.15) is 11.3 Å². The number of carbonyl (C=O) groups excluding carboxylic acids is 2.